The lowest BCUT2D eigenvalue weighted by Gasteiger charge is -2.18. The van der Waals surface area contributed by atoms with Crippen LogP contribution in [-0.2, 0) is 14.3 Å². The fraction of sp³-hybridized carbons (Fsp3) is 0.130. The topological polar surface area (TPSA) is 73.9 Å². The average Bonchev–Trinajstić information content (AvgIpc) is 2.77. The van der Waals surface area contributed by atoms with Gasteiger partial charge in [-0.25, -0.2) is 4.79 Å². The number of esters is 1. The monoisotopic (exact) mass is 425 g/mol. The lowest BCUT2D eigenvalue weighted by atomic mass is 10.1. The number of para-hydroxylation sites is 1. The molecular formula is C23H20ClNO5. The molecule has 3 rings (SSSR count). The first-order valence-corrected chi connectivity index (χ1v) is 9.51. The van der Waals surface area contributed by atoms with Crippen molar-refractivity contribution in [2.45, 2.75) is 6.10 Å². The van der Waals surface area contributed by atoms with Gasteiger partial charge in [0.15, 0.2) is 6.61 Å². The summed E-state index contributed by atoms with van der Waals surface area (Å²) in [7, 11) is 1.50. The maximum Gasteiger partial charge on any atom is 0.345 e. The van der Waals surface area contributed by atoms with Gasteiger partial charge in [-0.05, 0) is 30.3 Å². The molecule has 3 aromatic rings. The molecule has 0 fully saturated rings. The number of hydrogen-bond donors (Lipinski definition) is 1. The van der Waals surface area contributed by atoms with E-state index in [1.165, 1.54) is 7.11 Å². The summed E-state index contributed by atoms with van der Waals surface area (Å²) in [5, 5.41) is 3.06. The van der Waals surface area contributed by atoms with Gasteiger partial charge in [0.1, 0.15) is 11.5 Å². The summed E-state index contributed by atoms with van der Waals surface area (Å²) in [4.78, 5) is 25.2. The van der Waals surface area contributed by atoms with Gasteiger partial charge in [-0.2, -0.15) is 0 Å². The van der Waals surface area contributed by atoms with Crippen molar-refractivity contribution in [1.29, 1.82) is 0 Å². The number of carbonyl (C=O) groups excluding carboxylic acids is 2. The Morgan fingerprint density at radius 3 is 2.27 bits per heavy atom. The van der Waals surface area contributed by atoms with Gasteiger partial charge in [-0.15, -0.1) is 0 Å². The molecule has 0 saturated heterocycles. The Labute approximate surface area is 179 Å². The molecule has 6 nitrogen and oxygen atoms in total. The number of halogens is 1. The summed E-state index contributed by atoms with van der Waals surface area (Å²) < 4.78 is 15.9. The number of nitrogens with one attached hydrogen (secondary N) is 1. The first kappa shape index (κ1) is 21.2. The largest absolute Gasteiger partial charge is 0.495 e. The molecule has 30 heavy (non-hydrogen) atoms. The van der Waals surface area contributed by atoms with E-state index in [-0.39, 0.29) is 6.61 Å². The molecular weight excluding hydrogens is 406 g/mol. The predicted molar refractivity (Wildman–Crippen MR) is 114 cm³/mol. The molecule has 0 aromatic heterocycles. The number of amides is 1. The SMILES string of the molecule is COc1ccc(NC(=O)C(OC(=O)COc2ccccc2)c2ccccc2)cc1Cl. The van der Waals surface area contributed by atoms with E-state index >= 15 is 0 Å². The van der Waals surface area contributed by atoms with Crippen LogP contribution in [0.4, 0.5) is 5.69 Å². The van der Waals surface area contributed by atoms with E-state index in [2.05, 4.69) is 5.32 Å². The van der Waals surface area contributed by atoms with E-state index < -0.39 is 18.0 Å². The van der Waals surface area contributed by atoms with Crippen molar-refractivity contribution in [2.24, 2.45) is 0 Å². The minimum atomic E-state index is -1.15. The molecule has 1 N–H and O–H groups in total. The molecule has 0 heterocycles. The van der Waals surface area contributed by atoms with Crippen molar-refractivity contribution in [3.63, 3.8) is 0 Å². The standard InChI is InChI=1S/C23H20ClNO5/c1-28-20-13-12-17(14-19(20)24)25-23(27)22(16-8-4-2-5-9-16)30-21(26)15-29-18-10-6-3-7-11-18/h2-14,22H,15H2,1H3,(H,25,27). The zero-order valence-corrected chi connectivity index (χ0v) is 17.0. The molecule has 0 spiro atoms. The quantitative estimate of drug-likeness (QED) is 0.532. The maximum atomic E-state index is 12.9. The van der Waals surface area contributed by atoms with Crippen LogP contribution in [0, 0.1) is 0 Å². The molecule has 154 valence electrons. The number of benzene rings is 3. The second kappa shape index (κ2) is 10.3. The number of hydrogen-bond acceptors (Lipinski definition) is 5. The Kier molecular flexibility index (Phi) is 7.29. The molecule has 1 amide bonds. The molecule has 0 bridgehead atoms. The van der Waals surface area contributed by atoms with Crippen molar-refractivity contribution in [2.75, 3.05) is 19.0 Å². The van der Waals surface area contributed by atoms with Crippen LogP contribution < -0.4 is 14.8 Å². The average molecular weight is 426 g/mol. The summed E-state index contributed by atoms with van der Waals surface area (Å²) in [6.07, 6.45) is -1.15. The van der Waals surface area contributed by atoms with Gasteiger partial charge in [0.05, 0.1) is 12.1 Å². The van der Waals surface area contributed by atoms with Crippen LogP contribution in [0.25, 0.3) is 0 Å². The first-order valence-electron chi connectivity index (χ1n) is 9.13. The minimum Gasteiger partial charge on any atom is -0.495 e. The third-order valence-electron chi connectivity index (χ3n) is 4.11. The molecule has 1 unspecified atom stereocenters. The number of rotatable bonds is 8. The highest BCUT2D eigenvalue weighted by molar-refractivity contribution is 6.32. The third kappa shape index (κ3) is 5.75. The van der Waals surface area contributed by atoms with E-state index in [4.69, 9.17) is 25.8 Å². The second-order valence-corrected chi connectivity index (χ2v) is 6.63. The van der Waals surface area contributed by atoms with Crippen LogP contribution in [0.5, 0.6) is 11.5 Å². The zero-order chi connectivity index (χ0) is 21.3. The second-order valence-electron chi connectivity index (χ2n) is 6.22. The van der Waals surface area contributed by atoms with Crippen LogP contribution in [0.1, 0.15) is 11.7 Å². The Bertz CT molecular complexity index is 995. The zero-order valence-electron chi connectivity index (χ0n) is 16.2. The van der Waals surface area contributed by atoms with Gasteiger partial charge in [0, 0.05) is 11.3 Å². The van der Waals surface area contributed by atoms with E-state index in [1.807, 2.05) is 12.1 Å². The highest BCUT2D eigenvalue weighted by Crippen LogP contribution is 2.28. The van der Waals surface area contributed by atoms with Crippen LogP contribution in [0.15, 0.2) is 78.9 Å². The number of carbonyl (C=O) groups is 2. The predicted octanol–water partition coefficient (Wildman–Crippen LogP) is 4.65. The van der Waals surface area contributed by atoms with Gasteiger partial charge in [-0.1, -0.05) is 60.1 Å². The third-order valence-corrected chi connectivity index (χ3v) is 4.40. The van der Waals surface area contributed by atoms with Gasteiger partial charge in [0.25, 0.3) is 5.91 Å². The summed E-state index contributed by atoms with van der Waals surface area (Å²) in [5.74, 6) is -0.173. The van der Waals surface area contributed by atoms with Crippen LogP contribution >= 0.6 is 11.6 Å². The highest BCUT2D eigenvalue weighted by Gasteiger charge is 2.25. The fourth-order valence-corrected chi connectivity index (χ4v) is 2.93. The van der Waals surface area contributed by atoms with Crippen molar-refractivity contribution in [3.05, 3.63) is 89.4 Å². The van der Waals surface area contributed by atoms with Crippen molar-refractivity contribution in [1.82, 2.24) is 0 Å². The lowest BCUT2D eigenvalue weighted by molar-refractivity contribution is -0.156. The van der Waals surface area contributed by atoms with Gasteiger partial charge < -0.3 is 19.5 Å². The molecule has 0 aliphatic rings. The molecule has 3 aromatic carbocycles. The fourth-order valence-electron chi connectivity index (χ4n) is 2.68. The van der Waals surface area contributed by atoms with Crippen LogP contribution in [0.2, 0.25) is 5.02 Å². The first-order chi connectivity index (χ1) is 14.6. The van der Waals surface area contributed by atoms with Crippen molar-refractivity contribution < 1.29 is 23.8 Å². The molecule has 7 heteroatoms. The van der Waals surface area contributed by atoms with Gasteiger partial charge in [0.2, 0.25) is 6.10 Å². The molecule has 0 radical (unpaired) electrons. The summed E-state index contributed by atoms with van der Waals surface area (Å²) in [5.41, 5.74) is 0.978. The van der Waals surface area contributed by atoms with Crippen molar-refractivity contribution >= 4 is 29.2 Å². The minimum absolute atomic E-state index is 0.324. The van der Waals surface area contributed by atoms with Gasteiger partial charge >= 0.3 is 5.97 Å². The van der Waals surface area contributed by atoms with Crippen LogP contribution in [-0.4, -0.2) is 25.6 Å². The van der Waals surface area contributed by atoms with Crippen molar-refractivity contribution in [3.8, 4) is 11.5 Å². The molecule has 0 aliphatic heterocycles. The highest BCUT2D eigenvalue weighted by atomic mass is 35.5. The van der Waals surface area contributed by atoms with Crippen LogP contribution in [0.3, 0.4) is 0 Å². The summed E-state index contributed by atoms with van der Waals surface area (Å²) in [6, 6.07) is 22.4. The smallest absolute Gasteiger partial charge is 0.345 e. The summed E-state index contributed by atoms with van der Waals surface area (Å²) >= 11 is 6.12. The van der Waals surface area contributed by atoms with E-state index in [9.17, 15) is 9.59 Å². The molecule has 1 atom stereocenters. The maximum absolute atomic E-state index is 12.9. The van der Waals surface area contributed by atoms with E-state index in [1.54, 1.807) is 66.7 Å². The Morgan fingerprint density at radius 2 is 1.63 bits per heavy atom. The number of anilines is 1. The van der Waals surface area contributed by atoms with E-state index in [0.717, 1.165) is 0 Å². The molecule has 0 aliphatic carbocycles. The Balaban J connectivity index is 1.71. The normalized spacial score (nSPS) is 11.3. The van der Waals surface area contributed by atoms with E-state index in [0.29, 0.717) is 27.8 Å². The number of methoxy groups -OCH3 is 1. The molecule has 0 saturated carbocycles. The van der Waals surface area contributed by atoms with Gasteiger partial charge in [-0.3, -0.25) is 4.79 Å². The lowest BCUT2D eigenvalue weighted by Crippen LogP contribution is -2.28. The summed E-state index contributed by atoms with van der Waals surface area (Å²) in [6.45, 7) is -0.324. The number of ether oxygens (including phenoxy) is 3. The Hall–Kier alpha value is -3.51. The Morgan fingerprint density at radius 1 is 0.967 bits per heavy atom.